The highest BCUT2D eigenvalue weighted by molar-refractivity contribution is 6.07. The molecule has 0 spiro atoms. The SMILES string of the molecule is O=C(Nc1ccc(-n2cnc3ccccc32)cc1)c1cccc(N2NC(=O)C3CC=CCC3C2=O)c1. The van der Waals surface area contributed by atoms with Gasteiger partial charge in [-0.25, -0.2) is 9.99 Å². The second-order valence-electron chi connectivity index (χ2n) is 8.96. The van der Waals surface area contributed by atoms with E-state index in [2.05, 4.69) is 15.7 Å². The first-order valence-corrected chi connectivity index (χ1v) is 11.8. The van der Waals surface area contributed by atoms with Crippen molar-refractivity contribution in [2.24, 2.45) is 11.8 Å². The Kier molecular flexibility index (Phi) is 5.33. The number of anilines is 2. The lowest BCUT2D eigenvalue weighted by atomic mass is 9.80. The molecule has 1 aliphatic heterocycles. The summed E-state index contributed by atoms with van der Waals surface area (Å²) in [7, 11) is 0. The maximum Gasteiger partial charge on any atom is 0.255 e. The largest absolute Gasteiger partial charge is 0.322 e. The minimum absolute atomic E-state index is 0.163. The lowest BCUT2D eigenvalue weighted by Gasteiger charge is -2.38. The molecule has 8 heteroatoms. The molecule has 36 heavy (non-hydrogen) atoms. The fourth-order valence-corrected chi connectivity index (χ4v) is 4.84. The van der Waals surface area contributed by atoms with Gasteiger partial charge in [-0.05, 0) is 67.4 Å². The van der Waals surface area contributed by atoms with Crippen molar-refractivity contribution < 1.29 is 14.4 Å². The molecule has 3 aromatic carbocycles. The summed E-state index contributed by atoms with van der Waals surface area (Å²) >= 11 is 0. The van der Waals surface area contributed by atoms with Gasteiger partial charge in [0, 0.05) is 16.9 Å². The maximum absolute atomic E-state index is 13.1. The molecule has 1 aliphatic carbocycles. The van der Waals surface area contributed by atoms with Crippen LogP contribution in [0.15, 0.2) is 91.3 Å². The van der Waals surface area contributed by atoms with Crippen LogP contribution < -0.4 is 15.8 Å². The van der Waals surface area contributed by atoms with E-state index in [1.807, 2.05) is 65.3 Å². The quantitative estimate of drug-likeness (QED) is 0.430. The van der Waals surface area contributed by atoms with Gasteiger partial charge in [-0.15, -0.1) is 0 Å². The lowest BCUT2D eigenvalue weighted by Crippen LogP contribution is -2.59. The van der Waals surface area contributed by atoms with E-state index in [1.54, 1.807) is 30.6 Å². The highest BCUT2D eigenvalue weighted by Crippen LogP contribution is 2.32. The molecule has 0 saturated carbocycles. The van der Waals surface area contributed by atoms with Crippen LogP contribution in [0.4, 0.5) is 11.4 Å². The summed E-state index contributed by atoms with van der Waals surface area (Å²) in [6.45, 7) is 0. The van der Waals surface area contributed by atoms with Gasteiger partial charge in [0.1, 0.15) is 6.33 Å². The molecule has 178 valence electrons. The number of hydrogen-bond donors (Lipinski definition) is 2. The van der Waals surface area contributed by atoms with Gasteiger partial charge in [-0.2, -0.15) is 0 Å². The first-order chi connectivity index (χ1) is 17.6. The minimum Gasteiger partial charge on any atom is -0.322 e. The Morgan fingerprint density at radius 1 is 0.889 bits per heavy atom. The van der Waals surface area contributed by atoms with Crippen LogP contribution in [0.25, 0.3) is 16.7 Å². The molecule has 2 N–H and O–H groups in total. The number of allylic oxidation sites excluding steroid dienone is 2. The minimum atomic E-state index is -0.382. The molecule has 1 fully saturated rings. The third kappa shape index (κ3) is 3.82. The van der Waals surface area contributed by atoms with Gasteiger partial charge in [-0.1, -0.05) is 30.4 Å². The van der Waals surface area contributed by atoms with Crippen molar-refractivity contribution in [3.63, 3.8) is 0 Å². The number of benzene rings is 3. The number of fused-ring (bicyclic) bond motifs is 2. The van der Waals surface area contributed by atoms with Gasteiger partial charge in [0.05, 0.1) is 28.6 Å². The van der Waals surface area contributed by atoms with Crippen molar-refractivity contribution in [2.75, 3.05) is 10.3 Å². The smallest absolute Gasteiger partial charge is 0.255 e. The Morgan fingerprint density at radius 2 is 1.67 bits per heavy atom. The van der Waals surface area contributed by atoms with Crippen LogP contribution >= 0.6 is 0 Å². The summed E-state index contributed by atoms with van der Waals surface area (Å²) in [5.41, 5.74) is 7.01. The van der Waals surface area contributed by atoms with E-state index in [-0.39, 0.29) is 29.6 Å². The second kappa shape index (κ2) is 8.81. The molecule has 4 aromatic rings. The molecule has 2 aliphatic rings. The molecular weight excluding hydrogens is 454 g/mol. The van der Waals surface area contributed by atoms with Crippen LogP contribution in [0.5, 0.6) is 0 Å². The first kappa shape index (κ1) is 21.8. The van der Waals surface area contributed by atoms with Crippen molar-refractivity contribution in [3.05, 3.63) is 96.8 Å². The van der Waals surface area contributed by atoms with Gasteiger partial charge in [-0.3, -0.25) is 24.4 Å². The van der Waals surface area contributed by atoms with Crippen LogP contribution in [-0.2, 0) is 9.59 Å². The molecule has 1 saturated heterocycles. The van der Waals surface area contributed by atoms with E-state index in [4.69, 9.17) is 0 Å². The van der Waals surface area contributed by atoms with Crippen LogP contribution in [0.2, 0.25) is 0 Å². The van der Waals surface area contributed by atoms with Crippen LogP contribution in [0, 0.1) is 11.8 Å². The van der Waals surface area contributed by atoms with Crippen LogP contribution in [0.3, 0.4) is 0 Å². The van der Waals surface area contributed by atoms with Crippen molar-refractivity contribution >= 4 is 40.1 Å². The van der Waals surface area contributed by atoms with Gasteiger partial charge in [0.2, 0.25) is 11.8 Å². The van der Waals surface area contributed by atoms with E-state index in [0.29, 0.717) is 29.8 Å². The summed E-state index contributed by atoms with van der Waals surface area (Å²) in [5.74, 6) is -1.37. The third-order valence-electron chi connectivity index (χ3n) is 6.75. The summed E-state index contributed by atoms with van der Waals surface area (Å²) in [6.07, 6.45) is 6.77. The number of carbonyl (C=O) groups is 3. The zero-order chi connectivity index (χ0) is 24.6. The van der Waals surface area contributed by atoms with Crippen LogP contribution in [-0.4, -0.2) is 27.3 Å². The number of para-hydroxylation sites is 2. The molecule has 3 amide bonds. The first-order valence-electron chi connectivity index (χ1n) is 11.8. The number of hydrogen-bond acceptors (Lipinski definition) is 4. The second-order valence-corrected chi connectivity index (χ2v) is 8.96. The Morgan fingerprint density at radius 3 is 2.50 bits per heavy atom. The summed E-state index contributed by atoms with van der Waals surface area (Å²) in [5, 5.41) is 4.17. The number of nitrogens with one attached hydrogen (secondary N) is 2. The normalized spacial score (nSPS) is 19.2. The number of aromatic nitrogens is 2. The Balaban J connectivity index is 1.19. The molecule has 1 aromatic heterocycles. The molecule has 0 radical (unpaired) electrons. The average molecular weight is 478 g/mol. The number of hydrazine groups is 1. The Bertz CT molecular complexity index is 1520. The highest BCUT2D eigenvalue weighted by atomic mass is 16.2. The third-order valence-corrected chi connectivity index (χ3v) is 6.75. The highest BCUT2D eigenvalue weighted by Gasteiger charge is 2.42. The zero-order valence-corrected chi connectivity index (χ0v) is 19.3. The topological polar surface area (TPSA) is 96.3 Å². The molecule has 0 bridgehead atoms. The molecule has 2 heterocycles. The number of rotatable bonds is 4. The summed E-state index contributed by atoms with van der Waals surface area (Å²) in [6, 6.07) is 22.1. The van der Waals surface area contributed by atoms with E-state index in [9.17, 15) is 14.4 Å². The van der Waals surface area contributed by atoms with Gasteiger partial charge in [0.25, 0.3) is 5.91 Å². The lowest BCUT2D eigenvalue weighted by molar-refractivity contribution is -0.139. The van der Waals surface area contributed by atoms with Crippen molar-refractivity contribution in [1.82, 2.24) is 15.0 Å². The molecular formula is C28H23N5O3. The summed E-state index contributed by atoms with van der Waals surface area (Å²) in [4.78, 5) is 43.0. The van der Waals surface area contributed by atoms with Gasteiger partial charge < -0.3 is 5.32 Å². The standard InChI is InChI=1S/C28H23N5O3/c34-26(30-19-12-14-20(15-13-19)32-17-29-24-10-3-4-11-25(24)32)18-6-5-7-21(16-18)33-28(36)23-9-2-1-8-22(23)27(35)31-33/h1-7,10-17,22-23H,8-9H2,(H,30,34)(H,31,35). The van der Waals surface area contributed by atoms with Crippen molar-refractivity contribution in [1.29, 1.82) is 0 Å². The fourth-order valence-electron chi connectivity index (χ4n) is 4.84. The predicted molar refractivity (Wildman–Crippen MR) is 136 cm³/mol. The predicted octanol–water partition coefficient (Wildman–Crippen LogP) is 4.24. The molecule has 6 rings (SSSR count). The maximum atomic E-state index is 13.1. The van der Waals surface area contributed by atoms with E-state index in [0.717, 1.165) is 16.7 Å². The van der Waals surface area contributed by atoms with Gasteiger partial charge >= 0.3 is 0 Å². The van der Waals surface area contributed by atoms with Crippen molar-refractivity contribution in [2.45, 2.75) is 12.8 Å². The zero-order valence-electron chi connectivity index (χ0n) is 19.3. The number of nitrogens with zero attached hydrogens (tertiary/aromatic N) is 3. The number of carbonyl (C=O) groups excluding carboxylic acids is 3. The fraction of sp³-hybridized carbons (Fsp3) is 0.143. The average Bonchev–Trinajstić information content (AvgIpc) is 3.35. The van der Waals surface area contributed by atoms with Gasteiger partial charge in [0.15, 0.2) is 0 Å². The molecule has 2 unspecified atom stereocenters. The Labute approximate surface area is 207 Å². The van der Waals surface area contributed by atoms with Crippen molar-refractivity contribution in [3.8, 4) is 5.69 Å². The molecule has 8 nitrogen and oxygen atoms in total. The monoisotopic (exact) mass is 477 g/mol. The molecule has 2 atom stereocenters. The Hall–Kier alpha value is -4.72. The number of imidazole rings is 1. The van der Waals surface area contributed by atoms with Crippen LogP contribution in [0.1, 0.15) is 23.2 Å². The number of amides is 3. The van der Waals surface area contributed by atoms with E-state index in [1.165, 1.54) is 5.01 Å². The van der Waals surface area contributed by atoms with E-state index >= 15 is 0 Å². The summed E-state index contributed by atoms with van der Waals surface area (Å²) < 4.78 is 1.99. The van der Waals surface area contributed by atoms with E-state index < -0.39 is 0 Å².